The maximum Gasteiger partial charge on any atom is 0.340 e. The molecule has 2 rings (SSSR count). The van der Waals surface area contributed by atoms with Crippen LogP contribution in [0.15, 0.2) is 49.6 Å². The van der Waals surface area contributed by atoms with Gasteiger partial charge in [0, 0.05) is 5.56 Å². The predicted molar refractivity (Wildman–Crippen MR) is 53.9 cm³/mol. The van der Waals surface area contributed by atoms with Crippen LogP contribution < -0.4 is 0 Å². The molecule has 0 spiro atoms. The second-order valence-electron chi connectivity index (χ2n) is 3.14. The van der Waals surface area contributed by atoms with Gasteiger partial charge in [-0.25, -0.2) is 4.79 Å². The smallest absolute Gasteiger partial charge is 0.340 e. The molecule has 0 aromatic heterocycles. The second kappa shape index (κ2) is 2.84. The van der Waals surface area contributed by atoms with E-state index in [9.17, 15) is 4.79 Å². The average Bonchev–Trinajstić information content (AvgIpc) is 2.53. The van der Waals surface area contributed by atoms with Crippen LogP contribution in [-0.2, 0) is 10.3 Å². The Morgan fingerprint density at radius 1 is 1.21 bits per heavy atom. The summed E-state index contributed by atoms with van der Waals surface area (Å²) in [5.74, 6) is -0.319. The van der Waals surface area contributed by atoms with Crippen molar-refractivity contribution in [3.63, 3.8) is 0 Å². The molecule has 1 aliphatic heterocycles. The molecule has 0 N–H and O–H groups in total. The first-order valence-corrected chi connectivity index (χ1v) is 4.33. The molecule has 0 saturated carbocycles. The van der Waals surface area contributed by atoms with Gasteiger partial charge < -0.3 is 4.74 Å². The Bertz CT molecular complexity index is 410. The maximum atomic E-state index is 11.5. The van der Waals surface area contributed by atoms with E-state index in [1.807, 2.05) is 18.2 Å². The van der Waals surface area contributed by atoms with Crippen LogP contribution in [0.5, 0.6) is 0 Å². The standard InChI is InChI=1S/C12H10O2/c1-3-12(4-2)10-8-6-5-7-9(10)11(13)14-12/h3-8H,1-2H2. The molecule has 0 saturated heterocycles. The van der Waals surface area contributed by atoms with E-state index in [0.29, 0.717) is 5.56 Å². The summed E-state index contributed by atoms with van der Waals surface area (Å²) >= 11 is 0. The maximum absolute atomic E-state index is 11.5. The molecular weight excluding hydrogens is 176 g/mol. The van der Waals surface area contributed by atoms with Gasteiger partial charge in [-0.3, -0.25) is 0 Å². The Morgan fingerprint density at radius 3 is 2.50 bits per heavy atom. The first kappa shape index (κ1) is 8.75. The highest BCUT2D eigenvalue weighted by Gasteiger charge is 2.40. The second-order valence-corrected chi connectivity index (χ2v) is 3.14. The van der Waals surface area contributed by atoms with E-state index in [0.717, 1.165) is 5.56 Å². The van der Waals surface area contributed by atoms with Crippen LogP contribution in [-0.4, -0.2) is 5.97 Å². The first-order valence-electron chi connectivity index (χ1n) is 4.33. The van der Waals surface area contributed by atoms with Gasteiger partial charge in [-0.1, -0.05) is 31.4 Å². The lowest BCUT2D eigenvalue weighted by molar-refractivity contribution is 0.0299. The summed E-state index contributed by atoms with van der Waals surface area (Å²) < 4.78 is 5.24. The third kappa shape index (κ3) is 0.940. The van der Waals surface area contributed by atoms with Crippen molar-refractivity contribution in [2.24, 2.45) is 0 Å². The van der Waals surface area contributed by atoms with Gasteiger partial charge in [0.05, 0.1) is 5.56 Å². The average molecular weight is 186 g/mol. The normalized spacial score (nSPS) is 17.0. The van der Waals surface area contributed by atoms with Crippen molar-refractivity contribution in [1.82, 2.24) is 0 Å². The molecule has 0 unspecified atom stereocenters. The third-order valence-electron chi connectivity index (χ3n) is 2.44. The lowest BCUT2D eigenvalue weighted by Gasteiger charge is -2.19. The van der Waals surface area contributed by atoms with Gasteiger partial charge in [0.1, 0.15) is 0 Å². The molecule has 1 aliphatic rings. The zero-order chi connectivity index (χ0) is 10.2. The summed E-state index contributed by atoms with van der Waals surface area (Å²) in [6.07, 6.45) is 3.17. The van der Waals surface area contributed by atoms with E-state index in [4.69, 9.17) is 4.74 Å². The number of carbonyl (C=O) groups excluding carboxylic acids is 1. The molecule has 1 heterocycles. The highest BCUT2D eigenvalue weighted by Crippen LogP contribution is 2.37. The molecule has 0 radical (unpaired) electrons. The summed E-state index contributed by atoms with van der Waals surface area (Å²) in [4.78, 5) is 11.5. The van der Waals surface area contributed by atoms with Crippen LogP contribution in [0.4, 0.5) is 0 Å². The van der Waals surface area contributed by atoms with Crippen molar-refractivity contribution in [2.45, 2.75) is 5.60 Å². The van der Waals surface area contributed by atoms with Crippen LogP contribution >= 0.6 is 0 Å². The van der Waals surface area contributed by atoms with Crippen LogP contribution in [0.3, 0.4) is 0 Å². The highest BCUT2D eigenvalue weighted by atomic mass is 16.6. The van der Waals surface area contributed by atoms with Crippen LogP contribution in [0.1, 0.15) is 15.9 Å². The topological polar surface area (TPSA) is 26.3 Å². The van der Waals surface area contributed by atoms with Crippen LogP contribution in [0.25, 0.3) is 0 Å². The number of fused-ring (bicyclic) bond motifs is 1. The van der Waals surface area contributed by atoms with E-state index in [2.05, 4.69) is 13.2 Å². The lowest BCUT2D eigenvalue weighted by atomic mass is 9.93. The Hall–Kier alpha value is -1.83. The van der Waals surface area contributed by atoms with Gasteiger partial charge in [-0.05, 0) is 18.2 Å². The Balaban J connectivity index is 2.69. The number of cyclic esters (lactones) is 1. The van der Waals surface area contributed by atoms with Gasteiger partial charge >= 0.3 is 5.97 Å². The van der Waals surface area contributed by atoms with Gasteiger partial charge in [0.25, 0.3) is 0 Å². The van der Waals surface area contributed by atoms with E-state index in [1.54, 1.807) is 18.2 Å². The predicted octanol–water partition coefficient (Wildman–Crippen LogP) is 2.42. The molecule has 2 heteroatoms. The quantitative estimate of drug-likeness (QED) is 0.523. The first-order chi connectivity index (χ1) is 6.73. The van der Waals surface area contributed by atoms with Gasteiger partial charge in [-0.2, -0.15) is 0 Å². The Labute approximate surface area is 82.5 Å². The van der Waals surface area contributed by atoms with Gasteiger partial charge in [0.2, 0.25) is 0 Å². The fourth-order valence-electron chi connectivity index (χ4n) is 1.65. The van der Waals surface area contributed by atoms with E-state index in [-0.39, 0.29) is 5.97 Å². The minimum atomic E-state index is -0.840. The van der Waals surface area contributed by atoms with Crippen molar-refractivity contribution >= 4 is 5.97 Å². The van der Waals surface area contributed by atoms with E-state index >= 15 is 0 Å². The number of benzene rings is 1. The van der Waals surface area contributed by atoms with Crippen molar-refractivity contribution in [3.8, 4) is 0 Å². The zero-order valence-electron chi connectivity index (χ0n) is 7.69. The molecule has 1 aromatic rings. The molecule has 0 amide bonds. The fourth-order valence-corrected chi connectivity index (χ4v) is 1.65. The van der Waals surface area contributed by atoms with Gasteiger partial charge in [0.15, 0.2) is 5.60 Å². The highest BCUT2D eigenvalue weighted by molar-refractivity contribution is 5.95. The number of hydrogen-bond acceptors (Lipinski definition) is 2. The minimum Gasteiger partial charge on any atom is -0.442 e. The lowest BCUT2D eigenvalue weighted by Crippen LogP contribution is -2.19. The largest absolute Gasteiger partial charge is 0.442 e. The molecule has 0 atom stereocenters. The monoisotopic (exact) mass is 186 g/mol. The van der Waals surface area contributed by atoms with Crippen molar-refractivity contribution in [1.29, 1.82) is 0 Å². The summed E-state index contributed by atoms with van der Waals surface area (Å²) in [6.45, 7) is 7.34. The van der Waals surface area contributed by atoms with Gasteiger partial charge in [-0.15, -0.1) is 0 Å². The summed E-state index contributed by atoms with van der Waals surface area (Å²) in [6, 6.07) is 7.26. The molecule has 1 aromatic carbocycles. The van der Waals surface area contributed by atoms with E-state index in [1.165, 1.54) is 0 Å². The molecule has 70 valence electrons. The Morgan fingerprint density at radius 2 is 1.86 bits per heavy atom. The van der Waals surface area contributed by atoms with Crippen molar-refractivity contribution in [3.05, 3.63) is 60.7 Å². The summed E-state index contributed by atoms with van der Waals surface area (Å²) in [5.41, 5.74) is 0.565. The number of ether oxygens (including phenoxy) is 1. The fraction of sp³-hybridized carbons (Fsp3) is 0.0833. The summed E-state index contributed by atoms with van der Waals surface area (Å²) in [7, 11) is 0. The zero-order valence-corrected chi connectivity index (χ0v) is 7.69. The molecule has 2 nitrogen and oxygen atoms in total. The molecular formula is C12H10O2. The number of rotatable bonds is 2. The molecule has 0 aliphatic carbocycles. The molecule has 0 fully saturated rings. The van der Waals surface area contributed by atoms with Crippen molar-refractivity contribution < 1.29 is 9.53 Å². The molecule has 14 heavy (non-hydrogen) atoms. The molecule has 0 bridgehead atoms. The number of carbonyl (C=O) groups is 1. The van der Waals surface area contributed by atoms with Crippen LogP contribution in [0.2, 0.25) is 0 Å². The van der Waals surface area contributed by atoms with E-state index < -0.39 is 5.60 Å². The number of esters is 1. The number of hydrogen-bond donors (Lipinski definition) is 0. The van der Waals surface area contributed by atoms with Crippen molar-refractivity contribution in [2.75, 3.05) is 0 Å². The Kier molecular flexibility index (Phi) is 1.78. The SMILES string of the molecule is C=CC1(C=C)OC(=O)c2ccccc21. The summed E-state index contributed by atoms with van der Waals surface area (Å²) in [5, 5.41) is 0. The minimum absolute atomic E-state index is 0.319. The third-order valence-corrected chi connectivity index (χ3v) is 2.44. The van der Waals surface area contributed by atoms with Crippen LogP contribution in [0, 0.1) is 0 Å².